The zero-order chi connectivity index (χ0) is 12.1. The molecular formula is C10H12N4O2. The summed E-state index contributed by atoms with van der Waals surface area (Å²) in [5, 5.41) is 13.5. The van der Waals surface area contributed by atoms with E-state index in [2.05, 4.69) is 16.2 Å². The number of hydrogen-bond donors (Lipinski definition) is 2. The Morgan fingerprint density at radius 3 is 2.94 bits per heavy atom. The molecule has 16 heavy (non-hydrogen) atoms. The first kappa shape index (κ1) is 11.8. The van der Waals surface area contributed by atoms with Crippen molar-refractivity contribution in [3.8, 4) is 12.3 Å². The molecule has 0 aliphatic carbocycles. The lowest BCUT2D eigenvalue weighted by Gasteiger charge is -2.11. The van der Waals surface area contributed by atoms with Gasteiger partial charge in [0.15, 0.2) is 0 Å². The third kappa shape index (κ3) is 2.85. The summed E-state index contributed by atoms with van der Waals surface area (Å²) in [6, 6.07) is 2.85. The topological polar surface area (TPSA) is 94.1 Å². The number of hydrogen-bond acceptors (Lipinski definition) is 5. The Morgan fingerprint density at radius 2 is 2.44 bits per heavy atom. The van der Waals surface area contributed by atoms with Gasteiger partial charge in [0.25, 0.3) is 0 Å². The highest BCUT2D eigenvalue weighted by atomic mass is 16.6. The lowest BCUT2D eigenvalue weighted by Crippen LogP contribution is -2.15. The monoisotopic (exact) mass is 220 g/mol. The van der Waals surface area contributed by atoms with Gasteiger partial charge in [-0.2, -0.15) is 0 Å². The summed E-state index contributed by atoms with van der Waals surface area (Å²) in [5.74, 6) is 2.87. The summed E-state index contributed by atoms with van der Waals surface area (Å²) in [5.41, 5.74) is 5.24. The normalized spacial score (nSPS) is 11.5. The standard InChI is InChI=1S/C10H12N4O2/c1-3-4-7(2)12-9-6-5-8(14(15)16)10(11)13-9/h1,5-7H,4H2,2H3,(H3,11,12,13). The Balaban J connectivity index is 2.82. The maximum absolute atomic E-state index is 10.5. The molecule has 0 bridgehead atoms. The number of nitrogens with one attached hydrogen (secondary N) is 1. The van der Waals surface area contributed by atoms with Crippen LogP contribution < -0.4 is 11.1 Å². The number of anilines is 2. The predicted octanol–water partition coefficient (Wildman–Crippen LogP) is 1.40. The van der Waals surface area contributed by atoms with Gasteiger partial charge in [0.1, 0.15) is 5.82 Å². The smallest absolute Gasteiger partial charge is 0.311 e. The second kappa shape index (κ2) is 4.98. The van der Waals surface area contributed by atoms with Crippen LogP contribution in [-0.4, -0.2) is 15.9 Å². The van der Waals surface area contributed by atoms with Gasteiger partial charge in [0.2, 0.25) is 5.82 Å². The van der Waals surface area contributed by atoms with Crippen molar-refractivity contribution in [3.05, 3.63) is 22.2 Å². The Kier molecular flexibility index (Phi) is 3.67. The number of pyridine rings is 1. The van der Waals surface area contributed by atoms with E-state index in [-0.39, 0.29) is 17.5 Å². The first-order valence-electron chi connectivity index (χ1n) is 4.65. The molecule has 0 aliphatic rings. The summed E-state index contributed by atoms with van der Waals surface area (Å²) < 4.78 is 0. The number of aromatic nitrogens is 1. The molecule has 0 aromatic carbocycles. The van der Waals surface area contributed by atoms with Gasteiger partial charge in [-0.05, 0) is 13.0 Å². The van der Waals surface area contributed by atoms with E-state index in [1.54, 1.807) is 0 Å². The molecule has 6 heteroatoms. The number of nitrogens with two attached hydrogens (primary N) is 1. The van der Waals surface area contributed by atoms with Crippen molar-refractivity contribution in [1.82, 2.24) is 4.98 Å². The second-order valence-corrected chi connectivity index (χ2v) is 3.31. The minimum absolute atomic E-state index is 0.0401. The molecule has 1 aromatic rings. The van der Waals surface area contributed by atoms with Crippen molar-refractivity contribution in [1.29, 1.82) is 0 Å². The Bertz CT molecular complexity index is 439. The first-order chi connectivity index (χ1) is 7.54. The van der Waals surface area contributed by atoms with Gasteiger partial charge in [-0.25, -0.2) is 4.98 Å². The molecule has 1 heterocycles. The van der Waals surface area contributed by atoms with Gasteiger partial charge in [-0.15, -0.1) is 12.3 Å². The quantitative estimate of drug-likeness (QED) is 0.454. The molecule has 6 nitrogen and oxygen atoms in total. The number of rotatable bonds is 4. The highest BCUT2D eigenvalue weighted by Gasteiger charge is 2.13. The Labute approximate surface area is 93.0 Å². The molecule has 0 amide bonds. The van der Waals surface area contributed by atoms with Crippen LogP contribution in [0.25, 0.3) is 0 Å². The average Bonchev–Trinajstić information content (AvgIpc) is 2.17. The van der Waals surface area contributed by atoms with E-state index >= 15 is 0 Å². The van der Waals surface area contributed by atoms with Crippen LogP contribution in [0.5, 0.6) is 0 Å². The van der Waals surface area contributed by atoms with Crippen LogP contribution in [0.15, 0.2) is 12.1 Å². The van der Waals surface area contributed by atoms with Crippen LogP contribution in [0.1, 0.15) is 13.3 Å². The van der Waals surface area contributed by atoms with E-state index in [4.69, 9.17) is 12.2 Å². The molecule has 1 aromatic heterocycles. The number of nitro groups is 1. The van der Waals surface area contributed by atoms with E-state index < -0.39 is 4.92 Å². The SMILES string of the molecule is C#CCC(C)Nc1ccc([N+](=O)[O-])c(N)n1. The Morgan fingerprint density at radius 1 is 1.75 bits per heavy atom. The van der Waals surface area contributed by atoms with E-state index in [0.717, 1.165) is 0 Å². The molecule has 1 unspecified atom stereocenters. The molecule has 1 rings (SSSR count). The zero-order valence-corrected chi connectivity index (χ0v) is 8.80. The van der Waals surface area contributed by atoms with Crippen molar-refractivity contribution in [2.75, 3.05) is 11.1 Å². The molecule has 0 spiro atoms. The molecule has 84 valence electrons. The summed E-state index contributed by atoms with van der Waals surface area (Å²) in [4.78, 5) is 13.8. The number of terminal acetylenes is 1. The highest BCUT2D eigenvalue weighted by molar-refractivity contribution is 5.57. The van der Waals surface area contributed by atoms with E-state index in [1.165, 1.54) is 12.1 Å². The number of nitrogens with zero attached hydrogens (tertiary/aromatic N) is 2. The third-order valence-corrected chi connectivity index (χ3v) is 1.92. The molecule has 1 atom stereocenters. The van der Waals surface area contributed by atoms with E-state index in [9.17, 15) is 10.1 Å². The maximum atomic E-state index is 10.5. The summed E-state index contributed by atoms with van der Waals surface area (Å²) >= 11 is 0. The van der Waals surface area contributed by atoms with Crippen molar-refractivity contribution in [2.45, 2.75) is 19.4 Å². The molecule has 3 N–H and O–H groups in total. The second-order valence-electron chi connectivity index (χ2n) is 3.31. The lowest BCUT2D eigenvalue weighted by molar-refractivity contribution is -0.384. The van der Waals surface area contributed by atoms with Crippen LogP contribution in [0.4, 0.5) is 17.3 Å². The summed E-state index contributed by atoms with van der Waals surface area (Å²) in [6.07, 6.45) is 5.69. The molecule has 0 radical (unpaired) electrons. The van der Waals surface area contributed by atoms with E-state index in [0.29, 0.717) is 12.2 Å². The fraction of sp³-hybridized carbons (Fsp3) is 0.300. The minimum Gasteiger partial charge on any atom is -0.378 e. The van der Waals surface area contributed by atoms with Crippen LogP contribution in [0.3, 0.4) is 0 Å². The van der Waals surface area contributed by atoms with Gasteiger partial charge in [0, 0.05) is 18.5 Å². The fourth-order valence-corrected chi connectivity index (χ4v) is 1.18. The zero-order valence-electron chi connectivity index (χ0n) is 8.80. The number of nitrogen functional groups attached to an aromatic ring is 1. The third-order valence-electron chi connectivity index (χ3n) is 1.92. The summed E-state index contributed by atoms with van der Waals surface area (Å²) in [6.45, 7) is 1.89. The minimum atomic E-state index is -0.572. The van der Waals surface area contributed by atoms with Gasteiger partial charge < -0.3 is 11.1 Å². The lowest BCUT2D eigenvalue weighted by atomic mass is 10.2. The molecular weight excluding hydrogens is 208 g/mol. The molecule has 0 saturated heterocycles. The van der Waals surface area contributed by atoms with Crippen molar-refractivity contribution < 1.29 is 4.92 Å². The summed E-state index contributed by atoms with van der Waals surface area (Å²) in [7, 11) is 0. The van der Waals surface area contributed by atoms with Crippen LogP contribution in [0.2, 0.25) is 0 Å². The first-order valence-corrected chi connectivity index (χ1v) is 4.65. The van der Waals surface area contributed by atoms with Gasteiger partial charge in [0.05, 0.1) is 4.92 Å². The van der Waals surface area contributed by atoms with Gasteiger partial charge >= 0.3 is 5.69 Å². The van der Waals surface area contributed by atoms with Crippen LogP contribution in [0, 0.1) is 22.5 Å². The Hall–Kier alpha value is -2.29. The molecule has 0 aliphatic heterocycles. The fourth-order valence-electron chi connectivity index (χ4n) is 1.18. The maximum Gasteiger partial charge on any atom is 0.311 e. The predicted molar refractivity (Wildman–Crippen MR) is 61.8 cm³/mol. The van der Waals surface area contributed by atoms with Crippen molar-refractivity contribution in [2.24, 2.45) is 0 Å². The largest absolute Gasteiger partial charge is 0.378 e. The van der Waals surface area contributed by atoms with E-state index in [1.807, 2.05) is 6.92 Å². The van der Waals surface area contributed by atoms with Crippen molar-refractivity contribution in [3.63, 3.8) is 0 Å². The van der Waals surface area contributed by atoms with Gasteiger partial charge in [-0.3, -0.25) is 10.1 Å². The molecule has 0 fully saturated rings. The molecule has 0 saturated carbocycles. The van der Waals surface area contributed by atoms with Crippen molar-refractivity contribution >= 4 is 17.3 Å². The van der Waals surface area contributed by atoms with Crippen LogP contribution in [-0.2, 0) is 0 Å². The highest BCUT2D eigenvalue weighted by Crippen LogP contribution is 2.21. The van der Waals surface area contributed by atoms with Crippen LogP contribution >= 0.6 is 0 Å². The van der Waals surface area contributed by atoms with Gasteiger partial charge in [-0.1, -0.05) is 0 Å². The average molecular weight is 220 g/mol.